The van der Waals surface area contributed by atoms with E-state index in [-0.39, 0.29) is 125 Å². The van der Waals surface area contributed by atoms with Crippen LogP contribution < -0.4 is 50.8 Å². The van der Waals surface area contributed by atoms with Gasteiger partial charge in [0.15, 0.2) is 0 Å². The molecule has 0 unspecified atom stereocenters. The Balaban J connectivity index is 0.576. The number of nitrogens with one attached hydrogen (secondary N) is 8. The van der Waals surface area contributed by atoms with Gasteiger partial charge in [0.2, 0.25) is 20.0 Å². The highest BCUT2D eigenvalue weighted by Gasteiger charge is 2.41. The fourth-order valence-electron chi connectivity index (χ4n) is 10.4. The molecule has 2 aliphatic carbocycles. The summed E-state index contributed by atoms with van der Waals surface area (Å²) in [6.07, 6.45) is 2.12. The van der Waals surface area contributed by atoms with Crippen LogP contribution in [0, 0.1) is 0 Å². The first kappa shape index (κ1) is 65.7. The van der Waals surface area contributed by atoms with Gasteiger partial charge in [0.05, 0.1) is 74.7 Å². The highest BCUT2D eigenvalue weighted by atomic mass is 35.5. The van der Waals surface area contributed by atoms with Crippen LogP contribution in [0.2, 0.25) is 20.1 Å². The smallest absolute Gasteiger partial charge is 0.314 e. The third-order valence-electron chi connectivity index (χ3n) is 14.6. The molecule has 4 aromatic rings. The lowest BCUT2D eigenvalue weighted by Crippen LogP contribution is -2.50. The molecular formula is C56H76Cl4N10O12S2. The van der Waals surface area contributed by atoms with Gasteiger partial charge in [-0.2, -0.15) is 0 Å². The van der Waals surface area contributed by atoms with Gasteiger partial charge in [-0.15, -0.1) is 0 Å². The zero-order chi connectivity index (χ0) is 59.3. The van der Waals surface area contributed by atoms with Crippen LogP contribution in [0.15, 0.2) is 82.6 Å². The van der Waals surface area contributed by atoms with Gasteiger partial charge in [0.25, 0.3) is 0 Å². The molecule has 28 heteroatoms. The summed E-state index contributed by atoms with van der Waals surface area (Å²) in [6.45, 7) is 10.4. The summed E-state index contributed by atoms with van der Waals surface area (Å²) in [5.41, 5.74) is 3.93. The molecule has 22 nitrogen and oxygen atoms in total. The Bertz CT molecular complexity index is 2790. The van der Waals surface area contributed by atoms with Crippen LogP contribution in [-0.4, -0.2) is 195 Å². The predicted octanol–water partition coefficient (Wildman–Crippen LogP) is 4.90. The third kappa shape index (κ3) is 19.6. The van der Waals surface area contributed by atoms with Crippen molar-refractivity contribution in [3.63, 3.8) is 0 Å². The van der Waals surface area contributed by atoms with E-state index in [0.717, 1.165) is 87.5 Å². The van der Waals surface area contributed by atoms with E-state index in [1.165, 1.54) is 24.3 Å². The van der Waals surface area contributed by atoms with Gasteiger partial charge in [-0.3, -0.25) is 9.80 Å². The number of piperazine rings is 2. The largest absolute Gasteiger partial charge is 0.484 e. The van der Waals surface area contributed by atoms with Gasteiger partial charge in [-0.25, -0.2) is 35.9 Å². The van der Waals surface area contributed by atoms with E-state index in [0.29, 0.717) is 57.5 Å². The number of urea groups is 2. The molecule has 0 radical (unpaired) electrons. The Kier molecular flexibility index (Phi) is 25.9. The number of carbonyl (C=O) groups is 2. The zero-order valence-corrected chi connectivity index (χ0v) is 51.4. The first-order valence-corrected chi connectivity index (χ1v) is 32.9. The Morgan fingerprint density at radius 2 is 0.821 bits per heavy atom. The molecule has 2 heterocycles. The van der Waals surface area contributed by atoms with Crippen LogP contribution in [-0.2, 0) is 51.8 Å². The lowest BCUT2D eigenvalue weighted by atomic mass is 10.1. The summed E-state index contributed by atoms with van der Waals surface area (Å²) < 4.78 is 92.3. The first-order valence-electron chi connectivity index (χ1n) is 28.4. The lowest BCUT2D eigenvalue weighted by molar-refractivity contribution is 0.0516. The maximum absolute atomic E-state index is 13.0. The fourth-order valence-corrected chi connectivity index (χ4v) is 13.6. The second kappa shape index (κ2) is 33.1. The number of hydrogen-bond acceptors (Lipinski definition) is 16. The number of ether oxygens (including phenoxy) is 6. The van der Waals surface area contributed by atoms with E-state index < -0.39 is 20.0 Å². The number of benzene rings is 4. The molecule has 4 atom stereocenters. The molecule has 0 aromatic heterocycles. The van der Waals surface area contributed by atoms with Crippen molar-refractivity contribution in [2.75, 3.05) is 144 Å². The number of unbranched alkanes of at least 4 members (excludes halogenated alkanes) is 1. The van der Waals surface area contributed by atoms with Gasteiger partial charge < -0.3 is 60.3 Å². The van der Waals surface area contributed by atoms with Crippen molar-refractivity contribution < 1.29 is 54.8 Å². The molecule has 84 heavy (non-hydrogen) atoms. The Morgan fingerprint density at radius 3 is 1.19 bits per heavy atom. The molecule has 462 valence electrons. The summed E-state index contributed by atoms with van der Waals surface area (Å²) in [6, 6.07) is 19.4. The van der Waals surface area contributed by atoms with Crippen LogP contribution in [0.25, 0.3) is 0 Å². The quantitative estimate of drug-likeness (QED) is 0.0295. The highest BCUT2D eigenvalue weighted by Crippen LogP contribution is 2.44. The van der Waals surface area contributed by atoms with E-state index in [1.54, 1.807) is 36.4 Å². The number of sulfonamides is 2. The van der Waals surface area contributed by atoms with Crippen LogP contribution in [0.3, 0.4) is 0 Å². The molecule has 0 spiro atoms. The number of nitrogens with zero attached hydrogens (tertiary/aromatic N) is 2. The average Bonchev–Trinajstić information content (AvgIpc) is 2.59. The molecule has 0 saturated carbocycles. The molecule has 4 aromatic carbocycles. The average molecular weight is 1290 g/mol. The van der Waals surface area contributed by atoms with Gasteiger partial charge in [0.1, 0.15) is 23.7 Å². The SMILES string of the molecule is O=C(NCCCCNC(=O)NCCOCCOCCNS(=O)(=O)c1ccc(O[C@H]2c3cc(Cl)cc(Cl)c3C[C@@H]2N2CCNCC2)cc1)NCCOCCOCCNS(=O)(=O)c1ccc(O[C@H]2c3cc(Cl)cc(Cl)c3C[C@@H]2N2CCNCC2)cc1. The molecule has 8 N–H and O–H groups in total. The third-order valence-corrected chi connectivity index (χ3v) is 18.7. The predicted molar refractivity (Wildman–Crippen MR) is 322 cm³/mol. The fraction of sp³-hybridized carbons (Fsp3) is 0.536. The maximum atomic E-state index is 13.0. The summed E-state index contributed by atoms with van der Waals surface area (Å²) in [7, 11) is -7.60. The van der Waals surface area contributed by atoms with Crippen molar-refractivity contribution in [3.05, 3.63) is 115 Å². The molecule has 4 aliphatic rings. The Morgan fingerprint density at radius 1 is 0.476 bits per heavy atom. The van der Waals surface area contributed by atoms with Crippen LogP contribution in [0.5, 0.6) is 11.5 Å². The van der Waals surface area contributed by atoms with Gasteiger partial charge >= 0.3 is 12.1 Å². The van der Waals surface area contributed by atoms with Crippen molar-refractivity contribution in [1.82, 2.24) is 51.1 Å². The lowest BCUT2D eigenvalue weighted by Gasteiger charge is -2.36. The normalized spacial score (nSPS) is 19.1. The summed E-state index contributed by atoms with van der Waals surface area (Å²) in [5, 5.41) is 20.0. The Hall–Kier alpha value is -4.32. The topological polar surface area (TPSA) is 261 Å². The zero-order valence-electron chi connectivity index (χ0n) is 46.7. The molecule has 2 saturated heterocycles. The van der Waals surface area contributed by atoms with Crippen LogP contribution in [0.4, 0.5) is 9.59 Å². The minimum atomic E-state index is -3.80. The van der Waals surface area contributed by atoms with Gasteiger partial charge in [-0.05, 0) is 110 Å². The number of halogens is 4. The number of fused-ring (bicyclic) bond motifs is 2. The summed E-state index contributed by atoms with van der Waals surface area (Å²) in [4.78, 5) is 29.3. The first-order chi connectivity index (χ1) is 40.6. The molecule has 8 rings (SSSR count). The van der Waals surface area contributed by atoms with Crippen molar-refractivity contribution in [3.8, 4) is 11.5 Å². The molecule has 4 amide bonds. The summed E-state index contributed by atoms with van der Waals surface area (Å²) in [5.74, 6) is 1.07. The monoisotopic (exact) mass is 1280 g/mol. The van der Waals surface area contributed by atoms with E-state index >= 15 is 0 Å². The highest BCUT2D eigenvalue weighted by molar-refractivity contribution is 7.89. The van der Waals surface area contributed by atoms with E-state index in [2.05, 4.69) is 51.1 Å². The molecule has 2 fully saturated rings. The molecule has 0 bridgehead atoms. The van der Waals surface area contributed by atoms with Crippen molar-refractivity contribution in [2.24, 2.45) is 0 Å². The molecular weight excluding hydrogens is 1210 g/mol. The minimum absolute atomic E-state index is 0.0613. The van der Waals surface area contributed by atoms with Crippen LogP contribution in [0.1, 0.15) is 47.3 Å². The Labute approximate surface area is 512 Å². The van der Waals surface area contributed by atoms with Crippen molar-refractivity contribution in [2.45, 2.75) is 59.8 Å². The van der Waals surface area contributed by atoms with Crippen molar-refractivity contribution >= 4 is 78.5 Å². The van der Waals surface area contributed by atoms with Gasteiger partial charge in [-0.1, -0.05) is 46.4 Å². The van der Waals surface area contributed by atoms with Crippen molar-refractivity contribution in [1.29, 1.82) is 0 Å². The van der Waals surface area contributed by atoms with Crippen LogP contribution >= 0.6 is 46.4 Å². The summed E-state index contributed by atoms with van der Waals surface area (Å²) >= 11 is 26.0. The number of amides is 4. The second-order valence-electron chi connectivity index (χ2n) is 20.4. The van der Waals surface area contributed by atoms with E-state index in [9.17, 15) is 26.4 Å². The standard InChI is InChI=1S/C56H76Cl4N10O12S2/c57-39-33-47-45(49(59)35-39)37-51(69-21-13-61-14-22-69)53(47)81-41-3-7-43(8-4-41)83(73,74)67-19-27-79-31-29-77-25-17-65-55(71)63-11-1-2-12-64-56(72)66-18-26-78-30-32-80-28-20-68-84(75,76)44-9-5-42(6-10-44)82-54-48-34-40(58)36-50(60)46(48)38-52(54)70-23-15-62-16-24-70/h3-10,33-36,51-54,61-62,67-68H,1-2,11-32,37-38H2,(H2,63,65,71)(H2,64,66,72)/t51-,52-,53-,54-/m0/s1. The minimum Gasteiger partial charge on any atom is -0.484 e. The number of rotatable bonds is 33. The second-order valence-corrected chi connectivity index (χ2v) is 25.6. The maximum Gasteiger partial charge on any atom is 0.314 e. The number of hydrogen-bond donors (Lipinski definition) is 8. The molecule has 2 aliphatic heterocycles. The van der Waals surface area contributed by atoms with Gasteiger partial charge in [0, 0.05) is 123 Å². The number of carbonyl (C=O) groups excluding carboxylic acids is 2. The van der Waals surface area contributed by atoms with E-state index in [4.69, 9.17) is 74.8 Å². The van der Waals surface area contributed by atoms with E-state index in [1.807, 2.05) is 12.1 Å².